The van der Waals surface area contributed by atoms with Gasteiger partial charge in [0.05, 0.1) is 12.9 Å². The van der Waals surface area contributed by atoms with Crippen molar-refractivity contribution in [3.05, 3.63) is 101 Å². The van der Waals surface area contributed by atoms with Crippen LogP contribution in [0.25, 0.3) is 0 Å². The first kappa shape index (κ1) is 28.3. The van der Waals surface area contributed by atoms with Crippen molar-refractivity contribution in [1.82, 2.24) is 10.2 Å². The summed E-state index contributed by atoms with van der Waals surface area (Å²) in [5.41, 5.74) is 2.33. The summed E-state index contributed by atoms with van der Waals surface area (Å²) in [4.78, 5) is 28.9. The van der Waals surface area contributed by atoms with Crippen LogP contribution in [0.5, 0.6) is 5.75 Å². The molecule has 0 aliphatic carbocycles. The van der Waals surface area contributed by atoms with Crippen LogP contribution in [0.15, 0.2) is 78.9 Å². The Morgan fingerprint density at radius 1 is 0.946 bits per heavy atom. The third-order valence-electron chi connectivity index (χ3n) is 5.66. The fourth-order valence-electron chi connectivity index (χ4n) is 3.89. The van der Waals surface area contributed by atoms with Crippen molar-refractivity contribution in [3.63, 3.8) is 0 Å². The molecule has 0 saturated heterocycles. The number of hydrogen-bond acceptors (Lipinski definition) is 4. The third kappa shape index (κ3) is 9.25. The summed E-state index contributed by atoms with van der Waals surface area (Å²) in [7, 11) is 1.60. The lowest BCUT2D eigenvalue weighted by Gasteiger charge is -2.34. The fourth-order valence-corrected chi connectivity index (χ4v) is 4.76. The van der Waals surface area contributed by atoms with E-state index in [0.29, 0.717) is 17.9 Å². The Balaban J connectivity index is 1.88. The second kappa shape index (κ2) is 13.3. The van der Waals surface area contributed by atoms with Crippen LogP contribution in [-0.2, 0) is 28.3 Å². The summed E-state index contributed by atoms with van der Waals surface area (Å²) in [6, 6.07) is 22.8. The van der Waals surface area contributed by atoms with E-state index in [1.165, 1.54) is 23.9 Å². The van der Waals surface area contributed by atoms with Crippen LogP contribution in [0, 0.1) is 5.82 Å². The average Bonchev–Trinajstić information content (AvgIpc) is 2.87. The summed E-state index contributed by atoms with van der Waals surface area (Å²) in [5, 5.41) is 3.07. The molecule has 0 aliphatic rings. The molecule has 196 valence electrons. The minimum atomic E-state index is -0.702. The molecule has 1 N–H and O–H groups in total. The Morgan fingerprint density at radius 2 is 1.62 bits per heavy atom. The molecular formula is C30H35FN2O3S. The van der Waals surface area contributed by atoms with Gasteiger partial charge in [-0.25, -0.2) is 4.39 Å². The van der Waals surface area contributed by atoms with Crippen molar-refractivity contribution in [2.75, 3.05) is 12.9 Å². The number of hydrogen-bond donors (Lipinski definition) is 1. The molecule has 7 heteroatoms. The van der Waals surface area contributed by atoms with Crippen LogP contribution in [0.1, 0.15) is 37.5 Å². The van der Waals surface area contributed by atoms with Gasteiger partial charge in [-0.3, -0.25) is 9.59 Å². The van der Waals surface area contributed by atoms with Gasteiger partial charge in [0.2, 0.25) is 11.8 Å². The second-order valence-corrected chi connectivity index (χ2v) is 10.9. The first-order chi connectivity index (χ1) is 17.6. The van der Waals surface area contributed by atoms with Gasteiger partial charge in [-0.2, -0.15) is 0 Å². The monoisotopic (exact) mass is 522 g/mol. The highest BCUT2D eigenvalue weighted by Crippen LogP contribution is 2.21. The van der Waals surface area contributed by atoms with E-state index in [-0.39, 0.29) is 29.9 Å². The molecule has 0 heterocycles. The fraction of sp³-hybridized carbons (Fsp3) is 0.333. The highest BCUT2D eigenvalue weighted by Gasteiger charge is 2.32. The summed E-state index contributed by atoms with van der Waals surface area (Å²) < 4.78 is 18.6. The molecule has 0 bridgehead atoms. The van der Waals surface area contributed by atoms with E-state index in [1.807, 2.05) is 75.4 Å². The van der Waals surface area contributed by atoms with Crippen LogP contribution in [0.2, 0.25) is 0 Å². The molecule has 0 aliphatic heterocycles. The predicted octanol–water partition coefficient (Wildman–Crippen LogP) is 5.62. The van der Waals surface area contributed by atoms with Gasteiger partial charge in [0.1, 0.15) is 17.6 Å². The molecule has 3 aromatic carbocycles. The summed E-state index contributed by atoms with van der Waals surface area (Å²) >= 11 is 1.45. The lowest BCUT2D eigenvalue weighted by Crippen LogP contribution is -2.54. The molecule has 0 aromatic heterocycles. The van der Waals surface area contributed by atoms with E-state index < -0.39 is 11.6 Å². The molecule has 0 radical (unpaired) electrons. The lowest BCUT2D eigenvalue weighted by molar-refractivity contribution is -0.140. The first-order valence-corrected chi connectivity index (χ1v) is 13.4. The van der Waals surface area contributed by atoms with Crippen molar-refractivity contribution in [2.45, 2.75) is 51.1 Å². The van der Waals surface area contributed by atoms with Crippen LogP contribution < -0.4 is 10.1 Å². The summed E-state index contributed by atoms with van der Waals surface area (Å²) in [6.07, 6.45) is 0.390. The van der Waals surface area contributed by atoms with Gasteiger partial charge in [-0.1, -0.05) is 54.6 Å². The minimum Gasteiger partial charge on any atom is -0.497 e. The predicted molar refractivity (Wildman–Crippen MR) is 148 cm³/mol. The van der Waals surface area contributed by atoms with E-state index in [9.17, 15) is 14.0 Å². The number of methoxy groups -OCH3 is 1. The maximum atomic E-state index is 13.7. The van der Waals surface area contributed by atoms with E-state index in [4.69, 9.17) is 4.74 Å². The smallest absolute Gasteiger partial charge is 0.243 e. The normalized spacial score (nSPS) is 12.0. The van der Waals surface area contributed by atoms with E-state index in [1.54, 1.807) is 24.1 Å². The number of nitrogens with zero attached hydrogens (tertiary/aromatic N) is 1. The lowest BCUT2D eigenvalue weighted by atomic mass is 10.0. The number of carbonyl (C=O) groups excluding carboxylic acids is 2. The topological polar surface area (TPSA) is 58.6 Å². The number of ether oxygens (including phenoxy) is 1. The largest absolute Gasteiger partial charge is 0.497 e. The summed E-state index contributed by atoms with van der Waals surface area (Å²) in [5.74, 6) is 0.819. The zero-order chi connectivity index (χ0) is 26.8. The van der Waals surface area contributed by atoms with Gasteiger partial charge in [0, 0.05) is 24.3 Å². The molecular weight excluding hydrogens is 487 g/mol. The van der Waals surface area contributed by atoms with Gasteiger partial charge in [0.25, 0.3) is 0 Å². The molecule has 0 saturated carbocycles. The van der Waals surface area contributed by atoms with Crippen LogP contribution in [0.3, 0.4) is 0 Å². The molecule has 2 amide bonds. The van der Waals surface area contributed by atoms with E-state index in [0.717, 1.165) is 16.7 Å². The van der Waals surface area contributed by atoms with Crippen LogP contribution in [-0.4, -0.2) is 41.2 Å². The maximum Gasteiger partial charge on any atom is 0.243 e. The van der Waals surface area contributed by atoms with Gasteiger partial charge in [-0.05, 0) is 61.7 Å². The Hall–Kier alpha value is -3.32. The molecule has 3 aromatic rings. The van der Waals surface area contributed by atoms with Crippen molar-refractivity contribution < 1.29 is 18.7 Å². The number of amides is 2. The third-order valence-corrected chi connectivity index (χ3v) is 6.65. The maximum absolute atomic E-state index is 13.7. The highest BCUT2D eigenvalue weighted by atomic mass is 32.2. The van der Waals surface area contributed by atoms with Gasteiger partial charge in [-0.15, -0.1) is 11.8 Å². The number of nitrogens with one attached hydrogen (secondary N) is 1. The highest BCUT2D eigenvalue weighted by molar-refractivity contribution is 7.99. The number of benzene rings is 3. The number of rotatable bonds is 11. The molecule has 1 unspecified atom stereocenters. The van der Waals surface area contributed by atoms with Gasteiger partial charge >= 0.3 is 0 Å². The number of thioether (sulfide) groups is 1. The second-order valence-electron chi connectivity index (χ2n) is 9.94. The van der Waals surface area contributed by atoms with Crippen molar-refractivity contribution >= 4 is 23.6 Å². The van der Waals surface area contributed by atoms with Gasteiger partial charge < -0.3 is 15.0 Å². The standard InChI is InChI=1S/C30H35FN2O3S/c1-30(2,3)32-29(35)27(18-22-9-6-5-7-10-22)33(19-24-11-8-12-26(17-24)36-4)28(34)21-37-20-23-13-15-25(31)16-14-23/h5-17,27H,18-21H2,1-4H3,(H,32,35). The molecule has 0 spiro atoms. The Kier molecular flexibility index (Phi) is 10.1. The average molecular weight is 523 g/mol. The van der Waals surface area contributed by atoms with E-state index >= 15 is 0 Å². The Bertz CT molecular complexity index is 1160. The van der Waals surface area contributed by atoms with Crippen molar-refractivity contribution in [3.8, 4) is 5.75 Å². The summed E-state index contributed by atoms with van der Waals surface area (Å²) in [6.45, 7) is 6.05. The molecule has 5 nitrogen and oxygen atoms in total. The molecule has 37 heavy (non-hydrogen) atoms. The zero-order valence-corrected chi connectivity index (χ0v) is 22.7. The Morgan fingerprint density at radius 3 is 2.27 bits per heavy atom. The SMILES string of the molecule is COc1cccc(CN(C(=O)CSCc2ccc(F)cc2)C(Cc2ccccc2)C(=O)NC(C)(C)C)c1. The number of carbonyl (C=O) groups is 2. The molecule has 1 atom stereocenters. The van der Waals surface area contributed by atoms with Crippen molar-refractivity contribution in [2.24, 2.45) is 0 Å². The van der Waals surface area contributed by atoms with Gasteiger partial charge in [0.15, 0.2) is 0 Å². The van der Waals surface area contributed by atoms with Crippen LogP contribution >= 0.6 is 11.8 Å². The van der Waals surface area contributed by atoms with Crippen molar-refractivity contribution in [1.29, 1.82) is 0 Å². The molecule has 0 fully saturated rings. The first-order valence-electron chi connectivity index (χ1n) is 12.2. The number of halogens is 1. The zero-order valence-electron chi connectivity index (χ0n) is 21.9. The Labute approximate surface area is 223 Å². The van der Waals surface area contributed by atoms with E-state index in [2.05, 4.69) is 5.32 Å². The minimum absolute atomic E-state index is 0.139. The molecule has 3 rings (SSSR count). The van der Waals surface area contributed by atoms with Crippen LogP contribution in [0.4, 0.5) is 4.39 Å². The quantitative estimate of drug-likeness (QED) is 0.355.